The fraction of sp³-hybridized carbons (Fsp3) is 0.312. The van der Waals surface area contributed by atoms with Gasteiger partial charge in [0.05, 0.1) is 12.0 Å². The van der Waals surface area contributed by atoms with E-state index in [0.717, 1.165) is 24.4 Å². The molecular weight excluding hydrogens is 332 g/mol. The number of nitrogens with zero attached hydrogens (tertiary/aromatic N) is 4. The zero-order valence-corrected chi connectivity index (χ0v) is 14.6. The number of rotatable bonds is 5. The maximum atomic E-state index is 12.9. The third-order valence-corrected chi connectivity index (χ3v) is 4.87. The topological polar surface area (TPSA) is 52.7 Å². The van der Waals surface area contributed by atoms with E-state index in [4.69, 9.17) is 16.6 Å². The molecule has 0 bridgehead atoms. The number of halogens is 1. The third kappa shape index (κ3) is 3.01. The molecule has 0 saturated heterocycles. The molecule has 0 N–H and O–H groups in total. The number of fused-ring (bicyclic) bond motifs is 1. The van der Waals surface area contributed by atoms with E-state index in [-0.39, 0.29) is 5.56 Å². The average Bonchev–Trinajstić information content (AvgIpc) is 2.97. The number of aryl methyl sites for hydroxylation is 1. The molecule has 120 valence electrons. The van der Waals surface area contributed by atoms with Crippen molar-refractivity contribution < 1.29 is 0 Å². The van der Waals surface area contributed by atoms with Crippen LogP contribution in [-0.4, -0.2) is 24.9 Å². The molecule has 23 heavy (non-hydrogen) atoms. The van der Waals surface area contributed by atoms with Crippen LogP contribution in [0, 0.1) is 0 Å². The van der Waals surface area contributed by atoms with Crippen molar-refractivity contribution in [2.45, 2.75) is 32.0 Å². The predicted molar refractivity (Wildman–Crippen MR) is 94.8 cm³/mol. The lowest BCUT2D eigenvalue weighted by molar-refractivity contribution is 0.754. The van der Waals surface area contributed by atoms with E-state index in [1.807, 2.05) is 23.6 Å². The molecule has 5 nitrogen and oxygen atoms in total. The maximum absolute atomic E-state index is 12.9. The van der Waals surface area contributed by atoms with Crippen LogP contribution in [0.2, 0.25) is 5.02 Å². The van der Waals surface area contributed by atoms with E-state index in [2.05, 4.69) is 11.9 Å². The smallest absolute Gasteiger partial charge is 0.286 e. The van der Waals surface area contributed by atoms with Crippen molar-refractivity contribution in [1.29, 1.82) is 0 Å². The summed E-state index contributed by atoms with van der Waals surface area (Å²) >= 11 is 7.53. The summed E-state index contributed by atoms with van der Waals surface area (Å²) in [5.41, 5.74) is 1.63. The first-order valence-corrected chi connectivity index (χ1v) is 8.88. The Balaban J connectivity index is 2.27. The molecule has 0 atom stereocenters. The first-order valence-electron chi connectivity index (χ1n) is 7.52. The molecule has 0 aliphatic heterocycles. The number of aromatic nitrogens is 4. The number of benzene rings is 1. The molecule has 0 aliphatic rings. The molecular formula is C16H17ClN4OS. The van der Waals surface area contributed by atoms with Gasteiger partial charge in [0.2, 0.25) is 0 Å². The number of thioether (sulfide) groups is 1. The molecule has 0 fully saturated rings. The number of hydrogen-bond acceptors (Lipinski definition) is 4. The Morgan fingerprint density at radius 3 is 2.61 bits per heavy atom. The highest BCUT2D eigenvalue weighted by atomic mass is 35.5. The summed E-state index contributed by atoms with van der Waals surface area (Å²) in [7, 11) is 0. The Bertz CT molecular complexity index is 885. The summed E-state index contributed by atoms with van der Waals surface area (Å²) in [5, 5.41) is 1.32. The molecule has 0 saturated carbocycles. The first-order chi connectivity index (χ1) is 11.2. The minimum Gasteiger partial charge on any atom is -0.315 e. The second-order valence-electron chi connectivity index (χ2n) is 5.06. The molecule has 2 heterocycles. The number of imidazole rings is 1. The van der Waals surface area contributed by atoms with Gasteiger partial charge in [-0.15, -0.1) is 0 Å². The van der Waals surface area contributed by atoms with Gasteiger partial charge in [-0.1, -0.05) is 30.3 Å². The van der Waals surface area contributed by atoms with Crippen LogP contribution < -0.4 is 5.56 Å². The lowest BCUT2D eigenvalue weighted by Gasteiger charge is -2.12. The Morgan fingerprint density at radius 1 is 1.22 bits per heavy atom. The van der Waals surface area contributed by atoms with Gasteiger partial charge in [-0.3, -0.25) is 9.36 Å². The summed E-state index contributed by atoms with van der Waals surface area (Å²) < 4.78 is 3.50. The molecule has 0 amide bonds. The van der Waals surface area contributed by atoms with E-state index >= 15 is 0 Å². The van der Waals surface area contributed by atoms with E-state index in [1.165, 1.54) is 0 Å². The third-order valence-electron chi connectivity index (χ3n) is 3.47. The van der Waals surface area contributed by atoms with Crippen molar-refractivity contribution in [2.24, 2.45) is 0 Å². The second-order valence-corrected chi connectivity index (χ2v) is 6.56. The number of hydrogen-bond donors (Lipinski definition) is 0. The maximum Gasteiger partial charge on any atom is 0.286 e. The van der Waals surface area contributed by atoms with Gasteiger partial charge in [-0.05, 0) is 37.6 Å². The van der Waals surface area contributed by atoms with Gasteiger partial charge in [0, 0.05) is 17.3 Å². The summed E-state index contributed by atoms with van der Waals surface area (Å²) in [6.45, 7) is 4.84. The van der Waals surface area contributed by atoms with Crippen LogP contribution >= 0.6 is 23.4 Å². The standard InChI is InChI=1S/C16H17ClN4OS/c1-3-9-23-16-19-14-13(18-10-20(14)4-2)15(22)21(16)12-7-5-11(17)6-8-12/h5-8,10H,3-4,9H2,1-2H3. The fourth-order valence-electron chi connectivity index (χ4n) is 2.32. The molecule has 7 heteroatoms. The van der Waals surface area contributed by atoms with Gasteiger partial charge < -0.3 is 4.57 Å². The van der Waals surface area contributed by atoms with E-state index in [1.54, 1.807) is 34.8 Å². The van der Waals surface area contributed by atoms with Crippen LogP contribution in [0.5, 0.6) is 0 Å². The zero-order chi connectivity index (χ0) is 16.4. The summed E-state index contributed by atoms with van der Waals surface area (Å²) in [6, 6.07) is 7.19. The van der Waals surface area contributed by atoms with Crippen molar-refractivity contribution in [3.05, 3.63) is 46.0 Å². The van der Waals surface area contributed by atoms with Crippen LogP contribution in [0.3, 0.4) is 0 Å². The van der Waals surface area contributed by atoms with E-state index < -0.39 is 0 Å². The van der Waals surface area contributed by atoms with Crippen LogP contribution in [0.15, 0.2) is 40.5 Å². The molecule has 2 aromatic heterocycles. The minimum atomic E-state index is -0.150. The van der Waals surface area contributed by atoms with Crippen LogP contribution in [0.1, 0.15) is 20.3 Å². The highest BCUT2D eigenvalue weighted by Gasteiger charge is 2.16. The fourth-order valence-corrected chi connectivity index (χ4v) is 3.30. The minimum absolute atomic E-state index is 0.150. The lowest BCUT2D eigenvalue weighted by Crippen LogP contribution is -2.22. The zero-order valence-electron chi connectivity index (χ0n) is 13.0. The average molecular weight is 349 g/mol. The second kappa shape index (κ2) is 6.76. The quantitative estimate of drug-likeness (QED) is 0.520. The van der Waals surface area contributed by atoms with Gasteiger partial charge in [0.1, 0.15) is 0 Å². The van der Waals surface area contributed by atoms with Crippen LogP contribution in [0.25, 0.3) is 16.9 Å². The van der Waals surface area contributed by atoms with E-state index in [9.17, 15) is 4.79 Å². The monoisotopic (exact) mass is 348 g/mol. The Kier molecular flexibility index (Phi) is 4.73. The van der Waals surface area contributed by atoms with Crippen molar-refractivity contribution >= 4 is 34.5 Å². The van der Waals surface area contributed by atoms with Crippen LogP contribution in [-0.2, 0) is 6.54 Å². The van der Waals surface area contributed by atoms with Gasteiger partial charge in [-0.25, -0.2) is 9.97 Å². The highest BCUT2D eigenvalue weighted by molar-refractivity contribution is 7.99. The molecule has 0 radical (unpaired) electrons. The van der Waals surface area contributed by atoms with Crippen molar-refractivity contribution in [2.75, 3.05) is 5.75 Å². The highest BCUT2D eigenvalue weighted by Crippen LogP contribution is 2.22. The normalized spacial score (nSPS) is 11.3. The molecule has 0 aliphatic carbocycles. The molecule has 0 unspecified atom stereocenters. The first kappa shape index (κ1) is 16.1. The Morgan fingerprint density at radius 2 is 1.96 bits per heavy atom. The Labute approximate surface area is 143 Å². The van der Waals surface area contributed by atoms with Gasteiger partial charge >= 0.3 is 0 Å². The summed E-state index contributed by atoms with van der Waals surface area (Å²) in [5.74, 6) is 0.895. The van der Waals surface area contributed by atoms with Gasteiger partial charge in [0.25, 0.3) is 5.56 Å². The van der Waals surface area contributed by atoms with Crippen LogP contribution in [0.4, 0.5) is 0 Å². The van der Waals surface area contributed by atoms with Gasteiger partial charge in [-0.2, -0.15) is 0 Å². The predicted octanol–water partition coefficient (Wildman–Crippen LogP) is 3.76. The molecule has 1 aromatic carbocycles. The molecule has 3 rings (SSSR count). The van der Waals surface area contributed by atoms with Crippen molar-refractivity contribution in [3.63, 3.8) is 0 Å². The largest absolute Gasteiger partial charge is 0.315 e. The SMILES string of the molecule is CCCSc1nc2c(ncn2CC)c(=O)n1-c1ccc(Cl)cc1. The van der Waals surface area contributed by atoms with Gasteiger partial charge in [0.15, 0.2) is 16.3 Å². The molecule has 0 spiro atoms. The molecule has 3 aromatic rings. The van der Waals surface area contributed by atoms with Crippen molar-refractivity contribution in [3.8, 4) is 5.69 Å². The lowest BCUT2D eigenvalue weighted by atomic mass is 10.3. The Hall–Kier alpha value is -1.79. The summed E-state index contributed by atoms with van der Waals surface area (Å²) in [4.78, 5) is 21.9. The van der Waals surface area contributed by atoms with Crippen molar-refractivity contribution in [1.82, 2.24) is 19.1 Å². The summed E-state index contributed by atoms with van der Waals surface area (Å²) in [6.07, 6.45) is 2.67. The van der Waals surface area contributed by atoms with E-state index in [0.29, 0.717) is 21.3 Å².